The Morgan fingerprint density at radius 1 is 0.886 bits per heavy atom. The van der Waals surface area contributed by atoms with E-state index in [9.17, 15) is 8.42 Å². The Labute approximate surface area is 217 Å². The first-order valence-electron chi connectivity index (χ1n) is 11.3. The van der Waals surface area contributed by atoms with E-state index < -0.39 is 10.0 Å². The summed E-state index contributed by atoms with van der Waals surface area (Å²) in [7, 11) is -1.91. The predicted molar refractivity (Wildman–Crippen MR) is 139 cm³/mol. The number of rotatable bonds is 9. The fourth-order valence-electron chi connectivity index (χ4n) is 4.03. The third-order valence-corrected chi connectivity index (χ3v) is 8.45. The van der Waals surface area contributed by atoms with Gasteiger partial charge >= 0.3 is 0 Å². The van der Waals surface area contributed by atoms with Crippen LogP contribution in [0.25, 0.3) is 0 Å². The molecule has 1 heterocycles. The van der Waals surface area contributed by atoms with Gasteiger partial charge in [-0.15, -0.1) is 0 Å². The first-order chi connectivity index (χ1) is 16.8. The van der Waals surface area contributed by atoms with Gasteiger partial charge in [-0.05, 0) is 59.7 Å². The minimum atomic E-state index is -3.55. The molecule has 35 heavy (non-hydrogen) atoms. The number of halogens is 2. The standard InChI is InChI=1S/C26H28Cl2N2O4S/c1-33-24-4-2-3-20(17-24)19-34-26(21-5-7-22(27)8-6-21)18-29-13-15-30(16-14-29)35(31,32)25-11-9-23(28)10-12-25/h2-12,17,26H,13-16,18-19H2,1H3. The van der Waals surface area contributed by atoms with Gasteiger partial charge in [0.1, 0.15) is 5.75 Å². The molecule has 4 rings (SSSR count). The van der Waals surface area contributed by atoms with E-state index in [4.69, 9.17) is 32.7 Å². The Bertz CT molecular complexity index is 1210. The fourth-order valence-corrected chi connectivity index (χ4v) is 5.71. The maximum atomic E-state index is 13.0. The van der Waals surface area contributed by atoms with E-state index in [0.29, 0.717) is 49.4 Å². The zero-order valence-corrected chi connectivity index (χ0v) is 21.8. The van der Waals surface area contributed by atoms with Crippen LogP contribution in [0.2, 0.25) is 10.0 Å². The highest BCUT2D eigenvalue weighted by molar-refractivity contribution is 7.89. The maximum absolute atomic E-state index is 13.0. The van der Waals surface area contributed by atoms with Crippen molar-refractivity contribution in [2.24, 2.45) is 0 Å². The van der Waals surface area contributed by atoms with Crippen molar-refractivity contribution in [3.63, 3.8) is 0 Å². The maximum Gasteiger partial charge on any atom is 0.243 e. The van der Waals surface area contributed by atoms with Gasteiger partial charge in [0.25, 0.3) is 0 Å². The molecule has 9 heteroatoms. The van der Waals surface area contributed by atoms with E-state index in [1.807, 2.05) is 48.5 Å². The van der Waals surface area contributed by atoms with Crippen molar-refractivity contribution in [3.05, 3.63) is 94.0 Å². The Morgan fingerprint density at radius 3 is 2.14 bits per heavy atom. The van der Waals surface area contributed by atoms with Gasteiger partial charge in [0.05, 0.1) is 24.7 Å². The highest BCUT2D eigenvalue weighted by Gasteiger charge is 2.29. The van der Waals surface area contributed by atoms with Crippen LogP contribution in [-0.4, -0.2) is 57.5 Å². The van der Waals surface area contributed by atoms with Crippen molar-refractivity contribution >= 4 is 33.2 Å². The number of piperazine rings is 1. The van der Waals surface area contributed by atoms with Gasteiger partial charge in [-0.3, -0.25) is 4.90 Å². The molecule has 186 valence electrons. The molecule has 0 saturated carbocycles. The quantitative estimate of drug-likeness (QED) is 0.374. The molecule has 0 spiro atoms. The summed E-state index contributed by atoms with van der Waals surface area (Å²) in [5.41, 5.74) is 2.04. The van der Waals surface area contributed by atoms with Crippen molar-refractivity contribution in [1.82, 2.24) is 9.21 Å². The van der Waals surface area contributed by atoms with Gasteiger partial charge < -0.3 is 9.47 Å². The van der Waals surface area contributed by atoms with E-state index in [-0.39, 0.29) is 11.0 Å². The molecule has 1 saturated heterocycles. The van der Waals surface area contributed by atoms with Crippen molar-refractivity contribution in [1.29, 1.82) is 0 Å². The van der Waals surface area contributed by atoms with Crippen LogP contribution < -0.4 is 4.74 Å². The molecule has 0 bridgehead atoms. The van der Waals surface area contributed by atoms with E-state index >= 15 is 0 Å². The number of sulfonamides is 1. The monoisotopic (exact) mass is 534 g/mol. The molecule has 1 aliphatic heterocycles. The largest absolute Gasteiger partial charge is 0.497 e. The molecule has 0 amide bonds. The van der Waals surface area contributed by atoms with Gasteiger partial charge in [-0.2, -0.15) is 4.31 Å². The molecule has 0 aromatic heterocycles. The van der Waals surface area contributed by atoms with Gasteiger partial charge in [-0.25, -0.2) is 8.42 Å². The highest BCUT2D eigenvalue weighted by atomic mass is 35.5. The number of nitrogens with zero attached hydrogens (tertiary/aromatic N) is 2. The molecule has 1 unspecified atom stereocenters. The second-order valence-corrected chi connectivity index (χ2v) is 11.2. The van der Waals surface area contributed by atoms with Gasteiger partial charge in [0.2, 0.25) is 10.0 Å². The van der Waals surface area contributed by atoms with Crippen molar-refractivity contribution < 1.29 is 17.9 Å². The van der Waals surface area contributed by atoms with Crippen molar-refractivity contribution in [2.45, 2.75) is 17.6 Å². The van der Waals surface area contributed by atoms with Crippen molar-refractivity contribution in [2.75, 3.05) is 39.8 Å². The van der Waals surface area contributed by atoms with E-state index in [1.54, 1.807) is 31.4 Å². The molecule has 3 aromatic rings. The molecule has 1 aliphatic rings. The normalized spacial score (nSPS) is 16.2. The summed E-state index contributed by atoms with van der Waals surface area (Å²) >= 11 is 12.0. The summed E-state index contributed by atoms with van der Waals surface area (Å²) in [5, 5.41) is 1.18. The van der Waals surface area contributed by atoms with Crippen LogP contribution in [0, 0.1) is 0 Å². The van der Waals surface area contributed by atoms with Crippen LogP contribution in [0.4, 0.5) is 0 Å². The lowest BCUT2D eigenvalue weighted by molar-refractivity contribution is 0.00767. The summed E-state index contributed by atoms with van der Waals surface area (Å²) in [6.07, 6.45) is -0.196. The summed E-state index contributed by atoms with van der Waals surface area (Å²) in [6, 6.07) is 21.8. The average Bonchev–Trinajstić information content (AvgIpc) is 2.88. The Hall–Kier alpha value is -2.13. The zero-order chi connectivity index (χ0) is 24.8. The summed E-state index contributed by atoms with van der Waals surface area (Å²) in [4.78, 5) is 2.50. The first-order valence-corrected chi connectivity index (χ1v) is 13.5. The predicted octanol–water partition coefficient (Wildman–Crippen LogP) is 5.27. The van der Waals surface area contributed by atoms with Gasteiger partial charge in [0, 0.05) is 42.8 Å². The van der Waals surface area contributed by atoms with Crippen LogP contribution in [0.1, 0.15) is 17.2 Å². The number of hydrogen-bond donors (Lipinski definition) is 0. The Balaban J connectivity index is 1.41. The fraction of sp³-hybridized carbons (Fsp3) is 0.308. The minimum Gasteiger partial charge on any atom is -0.497 e. The number of benzene rings is 3. The van der Waals surface area contributed by atoms with Gasteiger partial charge in [0.15, 0.2) is 0 Å². The van der Waals surface area contributed by atoms with Gasteiger partial charge in [-0.1, -0.05) is 47.5 Å². The number of ether oxygens (including phenoxy) is 2. The highest BCUT2D eigenvalue weighted by Crippen LogP contribution is 2.25. The van der Waals surface area contributed by atoms with Crippen LogP contribution in [0.15, 0.2) is 77.7 Å². The number of methoxy groups -OCH3 is 1. The second kappa shape index (κ2) is 11.7. The van der Waals surface area contributed by atoms with Crippen LogP contribution in [0.3, 0.4) is 0 Å². The lowest BCUT2D eigenvalue weighted by atomic mass is 10.1. The topological polar surface area (TPSA) is 59.1 Å². The Morgan fingerprint density at radius 2 is 1.51 bits per heavy atom. The molecular formula is C26H28Cl2N2O4S. The minimum absolute atomic E-state index is 0.196. The first kappa shape index (κ1) is 25.9. The lowest BCUT2D eigenvalue weighted by Gasteiger charge is -2.36. The van der Waals surface area contributed by atoms with Crippen molar-refractivity contribution in [3.8, 4) is 5.75 Å². The van der Waals surface area contributed by atoms with E-state index in [0.717, 1.165) is 16.9 Å². The molecule has 6 nitrogen and oxygen atoms in total. The van der Waals surface area contributed by atoms with E-state index in [1.165, 1.54) is 4.31 Å². The molecule has 1 atom stereocenters. The molecule has 3 aromatic carbocycles. The Kier molecular flexibility index (Phi) is 8.70. The summed E-state index contributed by atoms with van der Waals surface area (Å²) in [5.74, 6) is 0.784. The molecule has 0 N–H and O–H groups in total. The summed E-state index contributed by atoms with van der Waals surface area (Å²) in [6.45, 7) is 3.11. The molecule has 1 fully saturated rings. The number of hydrogen-bond acceptors (Lipinski definition) is 5. The van der Waals surface area contributed by atoms with Crippen LogP contribution >= 0.6 is 23.2 Å². The average molecular weight is 535 g/mol. The van der Waals surface area contributed by atoms with Crippen LogP contribution in [-0.2, 0) is 21.4 Å². The summed E-state index contributed by atoms with van der Waals surface area (Å²) < 4.78 is 39.2. The SMILES string of the molecule is COc1cccc(COC(CN2CCN(S(=O)(=O)c3ccc(Cl)cc3)CC2)c2ccc(Cl)cc2)c1. The third kappa shape index (κ3) is 6.76. The third-order valence-electron chi connectivity index (χ3n) is 6.03. The zero-order valence-electron chi connectivity index (χ0n) is 19.4. The van der Waals surface area contributed by atoms with E-state index in [2.05, 4.69) is 4.90 Å². The molecular weight excluding hydrogens is 507 g/mol. The molecule has 0 aliphatic carbocycles. The second-order valence-electron chi connectivity index (χ2n) is 8.36. The van der Waals surface area contributed by atoms with Crippen LogP contribution in [0.5, 0.6) is 5.75 Å². The molecule has 0 radical (unpaired) electrons. The smallest absolute Gasteiger partial charge is 0.243 e. The lowest BCUT2D eigenvalue weighted by Crippen LogP contribution is -2.49.